The molecule has 102 valence electrons. The number of aryl methyl sites for hydroxylation is 1. The van der Waals surface area contributed by atoms with Gasteiger partial charge in [-0.2, -0.15) is 0 Å². The third-order valence-corrected chi connectivity index (χ3v) is 2.68. The fraction of sp³-hybridized carbons (Fsp3) is 0.615. The van der Waals surface area contributed by atoms with Crippen LogP contribution in [0, 0.1) is 6.92 Å². The van der Waals surface area contributed by atoms with Gasteiger partial charge in [0.15, 0.2) is 0 Å². The van der Waals surface area contributed by atoms with Crippen molar-refractivity contribution in [1.82, 2.24) is 9.88 Å². The second-order valence-corrected chi connectivity index (χ2v) is 4.76. The fourth-order valence-electron chi connectivity index (χ4n) is 1.44. The summed E-state index contributed by atoms with van der Waals surface area (Å²) in [5, 5.41) is 12.8. The second-order valence-electron chi connectivity index (χ2n) is 4.76. The number of pyridine rings is 1. The van der Waals surface area contributed by atoms with Gasteiger partial charge in [-0.3, -0.25) is 4.79 Å². The number of rotatable bonds is 6. The Hall–Kier alpha value is -1.33. The summed E-state index contributed by atoms with van der Waals surface area (Å²) < 4.78 is 6.96. The highest BCUT2D eigenvalue weighted by Gasteiger charge is 2.07. The zero-order valence-electron chi connectivity index (χ0n) is 11.4. The number of nitrogens with zero attached hydrogens (tertiary/aromatic N) is 1. The average molecular weight is 254 g/mol. The van der Waals surface area contributed by atoms with Crippen LogP contribution in [0.1, 0.15) is 19.5 Å². The van der Waals surface area contributed by atoms with Gasteiger partial charge in [0.2, 0.25) is 0 Å². The number of aliphatic hydroxyl groups excluding tert-OH is 1. The average Bonchev–Trinajstić information content (AvgIpc) is 2.30. The predicted octanol–water partition coefficient (Wildman–Crippen LogP) is 0.431. The molecule has 0 aliphatic rings. The van der Waals surface area contributed by atoms with E-state index in [1.165, 1.54) is 6.07 Å². The zero-order chi connectivity index (χ0) is 13.7. The maximum atomic E-state index is 11.5. The molecule has 5 heteroatoms. The molecule has 1 atom stereocenters. The molecule has 0 aliphatic carbocycles. The lowest BCUT2D eigenvalue weighted by Crippen LogP contribution is -2.35. The summed E-state index contributed by atoms with van der Waals surface area (Å²) in [5.41, 5.74) is 0.715. The zero-order valence-corrected chi connectivity index (χ0v) is 11.4. The molecule has 0 fully saturated rings. The Labute approximate surface area is 107 Å². The Kier molecular flexibility index (Phi) is 5.37. The molecule has 0 aromatic carbocycles. The molecule has 2 N–H and O–H groups in total. The quantitative estimate of drug-likeness (QED) is 0.773. The van der Waals surface area contributed by atoms with Gasteiger partial charge in [-0.05, 0) is 13.0 Å². The molecule has 1 heterocycles. The van der Waals surface area contributed by atoms with Gasteiger partial charge in [-0.15, -0.1) is 0 Å². The van der Waals surface area contributed by atoms with Gasteiger partial charge in [0.1, 0.15) is 18.5 Å². The fourth-order valence-corrected chi connectivity index (χ4v) is 1.44. The van der Waals surface area contributed by atoms with Crippen LogP contribution in [0.3, 0.4) is 0 Å². The van der Waals surface area contributed by atoms with Gasteiger partial charge in [-0.25, -0.2) is 0 Å². The van der Waals surface area contributed by atoms with Crippen molar-refractivity contribution in [3.05, 3.63) is 28.2 Å². The second kappa shape index (κ2) is 6.56. The monoisotopic (exact) mass is 254 g/mol. The summed E-state index contributed by atoms with van der Waals surface area (Å²) in [6.07, 6.45) is -0.586. The lowest BCUT2D eigenvalue weighted by Gasteiger charge is -2.15. The number of hydrogen-bond donors (Lipinski definition) is 2. The molecule has 18 heavy (non-hydrogen) atoms. The summed E-state index contributed by atoms with van der Waals surface area (Å²) in [4.78, 5) is 11.5. The molecular weight excluding hydrogens is 232 g/mol. The first-order chi connectivity index (χ1) is 8.40. The molecule has 5 nitrogen and oxygen atoms in total. The Morgan fingerprint density at radius 3 is 2.67 bits per heavy atom. The summed E-state index contributed by atoms with van der Waals surface area (Å²) in [7, 11) is 1.71. The maximum absolute atomic E-state index is 11.5. The van der Waals surface area contributed by atoms with Crippen molar-refractivity contribution in [2.24, 2.45) is 7.05 Å². The predicted molar refractivity (Wildman–Crippen MR) is 71.1 cm³/mol. The molecule has 1 aromatic heterocycles. The van der Waals surface area contributed by atoms with E-state index < -0.39 is 6.10 Å². The highest BCUT2D eigenvalue weighted by Crippen LogP contribution is 2.09. The minimum absolute atomic E-state index is 0.111. The van der Waals surface area contributed by atoms with Crippen molar-refractivity contribution >= 4 is 0 Å². The largest absolute Gasteiger partial charge is 0.491 e. The van der Waals surface area contributed by atoms with E-state index in [2.05, 4.69) is 5.32 Å². The van der Waals surface area contributed by atoms with E-state index in [1.807, 2.05) is 20.8 Å². The van der Waals surface area contributed by atoms with Crippen LogP contribution in [0.4, 0.5) is 0 Å². The van der Waals surface area contributed by atoms with E-state index in [9.17, 15) is 9.90 Å². The maximum Gasteiger partial charge on any atom is 0.254 e. The van der Waals surface area contributed by atoms with Gasteiger partial charge < -0.3 is 19.7 Å². The highest BCUT2D eigenvalue weighted by atomic mass is 16.5. The summed E-state index contributed by atoms with van der Waals surface area (Å²) in [5.74, 6) is 0.499. The normalized spacial score (nSPS) is 12.8. The molecule has 0 aliphatic heterocycles. The molecule has 0 saturated carbocycles. The van der Waals surface area contributed by atoms with E-state index >= 15 is 0 Å². The summed E-state index contributed by atoms with van der Waals surface area (Å²) >= 11 is 0. The van der Waals surface area contributed by atoms with E-state index in [-0.39, 0.29) is 12.2 Å². The molecule has 0 radical (unpaired) electrons. The van der Waals surface area contributed by atoms with Crippen molar-refractivity contribution < 1.29 is 9.84 Å². The lowest BCUT2D eigenvalue weighted by molar-refractivity contribution is 0.104. The van der Waals surface area contributed by atoms with Gasteiger partial charge in [0.05, 0.1) is 0 Å². The number of nitrogens with one attached hydrogen (secondary N) is 1. The summed E-state index contributed by atoms with van der Waals surface area (Å²) in [6, 6.07) is 3.53. The molecule has 1 unspecified atom stereocenters. The molecule has 1 aromatic rings. The van der Waals surface area contributed by atoms with E-state index in [4.69, 9.17) is 4.74 Å². The number of aliphatic hydroxyl groups is 1. The van der Waals surface area contributed by atoms with Crippen LogP contribution >= 0.6 is 0 Å². The van der Waals surface area contributed by atoms with Crippen LogP contribution in [-0.2, 0) is 7.05 Å². The summed E-state index contributed by atoms with van der Waals surface area (Å²) in [6.45, 7) is 6.51. The standard InChI is InChI=1S/C13H22N2O3/c1-9(2)14-7-11(16)8-18-12-5-10(3)15(4)13(17)6-12/h5-6,9,11,14,16H,7-8H2,1-4H3. The third kappa shape index (κ3) is 4.50. The number of aromatic nitrogens is 1. The molecule has 0 saturated heterocycles. The van der Waals surface area contributed by atoms with E-state index in [1.54, 1.807) is 17.7 Å². The molecular formula is C13H22N2O3. The Bertz CT molecular complexity index is 440. The Balaban J connectivity index is 2.51. The van der Waals surface area contributed by atoms with Crippen molar-refractivity contribution in [1.29, 1.82) is 0 Å². The first-order valence-corrected chi connectivity index (χ1v) is 6.12. The van der Waals surface area contributed by atoms with Crippen LogP contribution in [0.5, 0.6) is 5.75 Å². The van der Waals surface area contributed by atoms with Crippen molar-refractivity contribution in [3.63, 3.8) is 0 Å². The minimum Gasteiger partial charge on any atom is -0.491 e. The van der Waals surface area contributed by atoms with Crippen molar-refractivity contribution in [2.75, 3.05) is 13.2 Å². The Morgan fingerprint density at radius 2 is 2.11 bits per heavy atom. The number of ether oxygens (including phenoxy) is 1. The van der Waals surface area contributed by atoms with Crippen molar-refractivity contribution in [2.45, 2.75) is 32.9 Å². The smallest absolute Gasteiger partial charge is 0.254 e. The van der Waals surface area contributed by atoms with Gasteiger partial charge in [-0.1, -0.05) is 13.8 Å². The molecule has 0 spiro atoms. The minimum atomic E-state index is -0.586. The first-order valence-electron chi connectivity index (χ1n) is 6.12. The molecule has 0 bridgehead atoms. The Morgan fingerprint density at radius 1 is 1.44 bits per heavy atom. The van der Waals surface area contributed by atoms with Crippen LogP contribution in [0.25, 0.3) is 0 Å². The third-order valence-electron chi connectivity index (χ3n) is 2.68. The van der Waals surface area contributed by atoms with Gasteiger partial charge >= 0.3 is 0 Å². The molecule has 0 amide bonds. The van der Waals surface area contributed by atoms with E-state index in [0.29, 0.717) is 18.3 Å². The van der Waals surface area contributed by atoms with Crippen LogP contribution in [0.2, 0.25) is 0 Å². The van der Waals surface area contributed by atoms with Crippen LogP contribution in [0.15, 0.2) is 16.9 Å². The first kappa shape index (κ1) is 14.7. The SMILES string of the molecule is Cc1cc(OCC(O)CNC(C)C)cc(=O)n1C. The molecule has 1 rings (SSSR count). The van der Waals surface area contributed by atoms with Crippen LogP contribution in [-0.4, -0.2) is 35.0 Å². The van der Waals surface area contributed by atoms with Crippen molar-refractivity contribution in [3.8, 4) is 5.75 Å². The highest BCUT2D eigenvalue weighted by molar-refractivity contribution is 5.23. The van der Waals surface area contributed by atoms with E-state index in [0.717, 1.165) is 5.69 Å². The number of hydrogen-bond acceptors (Lipinski definition) is 4. The van der Waals surface area contributed by atoms with Crippen LogP contribution < -0.4 is 15.6 Å². The van der Waals surface area contributed by atoms with Gasteiger partial charge in [0, 0.05) is 31.4 Å². The van der Waals surface area contributed by atoms with Gasteiger partial charge in [0.25, 0.3) is 5.56 Å². The lowest BCUT2D eigenvalue weighted by atomic mass is 10.3. The topological polar surface area (TPSA) is 63.5 Å².